The predicted molar refractivity (Wildman–Crippen MR) is 258 cm³/mol. The molecule has 300 valence electrons. The molecule has 0 saturated carbocycles. The van der Waals surface area contributed by atoms with Crippen molar-refractivity contribution in [3.8, 4) is 73.2 Å². The van der Waals surface area contributed by atoms with Crippen LogP contribution in [-0.2, 0) is 23.7 Å². The summed E-state index contributed by atoms with van der Waals surface area (Å²) in [6.45, 7) is 9.45. The lowest BCUT2D eigenvalue weighted by molar-refractivity contribution is 0.660. The summed E-state index contributed by atoms with van der Waals surface area (Å²) in [6, 6.07) is 62.3. The van der Waals surface area contributed by atoms with Crippen LogP contribution in [0.1, 0.15) is 61.1 Å². The first-order chi connectivity index (χ1) is 30.7. The Morgan fingerprint density at radius 1 is 0.365 bits per heavy atom. The van der Waals surface area contributed by atoms with Crippen LogP contribution in [0.5, 0.6) is 0 Å². The topological polar surface area (TPSA) is 43.6 Å². The molecule has 13 rings (SSSR count). The van der Waals surface area contributed by atoms with Crippen LogP contribution in [0.4, 0.5) is 0 Å². The lowest BCUT2D eigenvalue weighted by atomic mass is 9.81. The van der Waals surface area contributed by atoms with Gasteiger partial charge in [0.1, 0.15) is 0 Å². The minimum atomic E-state index is -0.0946. The van der Waals surface area contributed by atoms with E-state index in [4.69, 9.17) is 15.0 Å². The van der Waals surface area contributed by atoms with Crippen LogP contribution in [0.2, 0.25) is 0 Å². The summed E-state index contributed by atoms with van der Waals surface area (Å²) < 4.78 is 2.34. The van der Waals surface area contributed by atoms with Crippen molar-refractivity contribution in [1.82, 2.24) is 19.5 Å². The molecule has 10 aromatic rings. The van der Waals surface area contributed by atoms with Crippen LogP contribution in [0.3, 0.4) is 0 Å². The van der Waals surface area contributed by atoms with Gasteiger partial charge in [-0.1, -0.05) is 173 Å². The summed E-state index contributed by atoms with van der Waals surface area (Å²) in [5.74, 6) is 1.92. The zero-order valence-corrected chi connectivity index (χ0v) is 35.9. The van der Waals surface area contributed by atoms with Crippen molar-refractivity contribution in [3.05, 3.63) is 203 Å². The highest BCUT2D eigenvalue weighted by Crippen LogP contribution is 2.52. The van der Waals surface area contributed by atoms with Gasteiger partial charge in [-0.3, -0.25) is 4.57 Å². The summed E-state index contributed by atoms with van der Waals surface area (Å²) in [4.78, 5) is 15.9. The molecule has 0 aliphatic heterocycles. The molecule has 4 heteroatoms. The van der Waals surface area contributed by atoms with Crippen molar-refractivity contribution in [2.75, 3.05) is 0 Å². The number of fused-ring (bicyclic) bond motifs is 6. The molecule has 0 saturated heterocycles. The molecule has 0 amide bonds. The van der Waals surface area contributed by atoms with Crippen molar-refractivity contribution in [1.29, 1.82) is 0 Å². The van der Waals surface area contributed by atoms with E-state index in [1.807, 2.05) is 36.4 Å². The van der Waals surface area contributed by atoms with Crippen molar-refractivity contribution in [2.24, 2.45) is 0 Å². The Labute approximate surface area is 367 Å². The second-order valence-electron chi connectivity index (χ2n) is 18.8. The first-order valence-corrected chi connectivity index (χ1v) is 22.2. The Morgan fingerprint density at radius 3 is 1.24 bits per heavy atom. The maximum atomic E-state index is 5.38. The predicted octanol–water partition coefficient (Wildman–Crippen LogP) is 14.3. The van der Waals surface area contributed by atoms with Gasteiger partial charge >= 0.3 is 0 Å². The van der Waals surface area contributed by atoms with E-state index in [2.05, 4.69) is 166 Å². The molecule has 3 aliphatic rings. The molecule has 0 spiro atoms. The van der Waals surface area contributed by atoms with E-state index in [1.54, 1.807) is 0 Å². The Morgan fingerprint density at radius 2 is 0.778 bits per heavy atom. The average molecular weight is 809 g/mol. The fourth-order valence-corrected chi connectivity index (χ4v) is 11.3. The molecule has 0 bridgehead atoms. The lowest BCUT2D eigenvalue weighted by Crippen LogP contribution is -2.14. The number of aromatic nitrogens is 4. The molecule has 0 fully saturated rings. The smallest absolute Gasteiger partial charge is 0.238 e. The molecule has 8 aromatic carbocycles. The number of rotatable bonds is 5. The molecule has 4 nitrogen and oxygen atoms in total. The van der Waals surface area contributed by atoms with Crippen LogP contribution in [-0.4, -0.2) is 19.5 Å². The second-order valence-corrected chi connectivity index (χ2v) is 18.8. The fourth-order valence-electron chi connectivity index (χ4n) is 11.3. The van der Waals surface area contributed by atoms with Gasteiger partial charge in [0.2, 0.25) is 5.95 Å². The standard InChI is InChI=1S/C59H44N4/c1-58(2)47-21-13-11-19-43(47)45-27-25-37(31-49(45)58)41-29-39-23-24-40-30-42(38-26-28-46-44-20-12-14-22-48(44)59(3,4)50(46)32-38)34-52-54(40)53(39)51(33-41)63(52)57-61-55(35-15-7-5-8-16-35)60-56(62-57)36-17-9-6-10-18-36/h5-22,25-34H,23-24H2,1-4H3. The molecule has 0 unspecified atom stereocenters. The normalized spacial score (nSPS) is 14.8. The minimum absolute atomic E-state index is 0.0946. The highest BCUT2D eigenvalue weighted by molar-refractivity contribution is 6.15. The van der Waals surface area contributed by atoms with E-state index in [0.717, 1.165) is 35.0 Å². The summed E-state index contributed by atoms with van der Waals surface area (Å²) in [5.41, 5.74) is 22.4. The first kappa shape index (κ1) is 36.2. The van der Waals surface area contributed by atoms with Gasteiger partial charge in [0, 0.05) is 32.7 Å². The molecule has 0 radical (unpaired) electrons. The Balaban J connectivity index is 1.08. The van der Waals surface area contributed by atoms with E-state index >= 15 is 0 Å². The van der Waals surface area contributed by atoms with Crippen LogP contribution in [0.25, 0.3) is 95.0 Å². The monoisotopic (exact) mass is 808 g/mol. The zero-order valence-electron chi connectivity index (χ0n) is 35.9. The lowest BCUT2D eigenvalue weighted by Gasteiger charge is -2.22. The molecule has 2 aromatic heterocycles. The van der Waals surface area contributed by atoms with Crippen molar-refractivity contribution in [2.45, 2.75) is 51.4 Å². The maximum absolute atomic E-state index is 5.38. The van der Waals surface area contributed by atoms with Gasteiger partial charge in [0.05, 0.1) is 11.0 Å². The van der Waals surface area contributed by atoms with E-state index in [0.29, 0.717) is 17.6 Å². The van der Waals surface area contributed by atoms with Gasteiger partial charge < -0.3 is 0 Å². The summed E-state index contributed by atoms with van der Waals surface area (Å²) in [7, 11) is 0. The second kappa shape index (κ2) is 13.0. The van der Waals surface area contributed by atoms with Gasteiger partial charge in [-0.15, -0.1) is 0 Å². The highest BCUT2D eigenvalue weighted by Gasteiger charge is 2.37. The van der Waals surface area contributed by atoms with Crippen molar-refractivity contribution >= 4 is 21.8 Å². The Bertz CT molecular complexity index is 3330. The molecule has 3 aliphatic carbocycles. The van der Waals surface area contributed by atoms with Crippen LogP contribution >= 0.6 is 0 Å². The Hall–Kier alpha value is -7.43. The highest BCUT2D eigenvalue weighted by atomic mass is 15.2. The van der Waals surface area contributed by atoms with E-state index < -0.39 is 0 Å². The molecule has 63 heavy (non-hydrogen) atoms. The van der Waals surface area contributed by atoms with Gasteiger partial charge in [0.15, 0.2) is 11.6 Å². The third-order valence-electron chi connectivity index (χ3n) is 14.5. The van der Waals surface area contributed by atoms with Gasteiger partial charge in [-0.25, -0.2) is 4.98 Å². The number of nitrogens with zero attached hydrogens (tertiary/aromatic N) is 4. The number of hydrogen-bond acceptors (Lipinski definition) is 3. The number of hydrogen-bond donors (Lipinski definition) is 0. The molecule has 0 N–H and O–H groups in total. The summed E-state index contributed by atoms with van der Waals surface area (Å²) >= 11 is 0. The minimum Gasteiger partial charge on any atom is -0.278 e. The van der Waals surface area contributed by atoms with Gasteiger partial charge in [-0.05, 0) is 115 Å². The third kappa shape index (κ3) is 5.24. The number of aryl methyl sites for hydroxylation is 2. The van der Waals surface area contributed by atoms with Crippen LogP contribution in [0.15, 0.2) is 170 Å². The SMILES string of the molecule is CC1(C)c2ccccc2-c2ccc(-c3cc4c5c6c(cc(-c7ccc8c(c7)C(C)(C)c7ccccc7-8)cc6n(-c6nc(-c7ccccc7)nc(-c7ccccc7)n6)c5c3)CC4)cc21. The van der Waals surface area contributed by atoms with Crippen molar-refractivity contribution < 1.29 is 0 Å². The first-order valence-electron chi connectivity index (χ1n) is 22.2. The van der Waals surface area contributed by atoms with Gasteiger partial charge in [-0.2, -0.15) is 9.97 Å². The fraction of sp³-hybridized carbons (Fsp3) is 0.136. The quantitative estimate of drug-likeness (QED) is 0.174. The number of benzene rings is 8. The zero-order chi connectivity index (χ0) is 42.2. The largest absolute Gasteiger partial charge is 0.278 e. The van der Waals surface area contributed by atoms with Crippen LogP contribution < -0.4 is 0 Å². The molecule has 2 heterocycles. The Kier molecular flexibility index (Phi) is 7.50. The molecular weight excluding hydrogens is 765 g/mol. The van der Waals surface area contributed by atoms with E-state index in [1.165, 1.54) is 88.7 Å². The van der Waals surface area contributed by atoms with Crippen molar-refractivity contribution in [3.63, 3.8) is 0 Å². The summed E-state index contributed by atoms with van der Waals surface area (Å²) in [5, 5.41) is 2.59. The molecular formula is C59H44N4. The van der Waals surface area contributed by atoms with E-state index in [9.17, 15) is 0 Å². The maximum Gasteiger partial charge on any atom is 0.238 e. The van der Waals surface area contributed by atoms with E-state index in [-0.39, 0.29) is 10.8 Å². The summed E-state index contributed by atoms with van der Waals surface area (Å²) in [6.07, 6.45) is 1.91. The van der Waals surface area contributed by atoms with Gasteiger partial charge in [0.25, 0.3) is 0 Å². The van der Waals surface area contributed by atoms with Crippen LogP contribution in [0, 0.1) is 0 Å². The average Bonchev–Trinajstić information content (AvgIpc) is 3.88. The third-order valence-corrected chi connectivity index (χ3v) is 14.5. The molecule has 0 atom stereocenters.